The van der Waals surface area contributed by atoms with E-state index in [2.05, 4.69) is 5.32 Å². The third kappa shape index (κ3) is 5.07. The van der Waals surface area contributed by atoms with Gasteiger partial charge in [-0.1, -0.05) is 12.1 Å². The molecule has 1 aromatic carbocycles. The molecular weight excluding hydrogens is 339 g/mol. The van der Waals surface area contributed by atoms with Crippen LogP contribution in [-0.4, -0.2) is 17.6 Å². The number of hydrogen-bond acceptors (Lipinski definition) is 3. The van der Waals surface area contributed by atoms with E-state index in [0.717, 1.165) is 22.6 Å². The fourth-order valence-electron chi connectivity index (χ4n) is 2.24. The van der Waals surface area contributed by atoms with Gasteiger partial charge in [-0.05, 0) is 48.1 Å². The van der Waals surface area contributed by atoms with Gasteiger partial charge in [0.05, 0.1) is 5.56 Å². The number of aliphatic hydroxyl groups is 1. The summed E-state index contributed by atoms with van der Waals surface area (Å²) in [6.45, 7) is 2.01. The molecule has 0 saturated carbocycles. The van der Waals surface area contributed by atoms with Crippen LogP contribution >= 0.6 is 11.3 Å². The summed E-state index contributed by atoms with van der Waals surface area (Å²) in [4.78, 5) is 12.6. The summed E-state index contributed by atoms with van der Waals surface area (Å²) in [7, 11) is 0. The van der Waals surface area contributed by atoms with Crippen molar-refractivity contribution in [2.75, 3.05) is 6.54 Å². The first kappa shape index (κ1) is 18.5. The first-order chi connectivity index (χ1) is 11.3. The number of rotatable bonds is 6. The van der Waals surface area contributed by atoms with Crippen molar-refractivity contribution in [2.24, 2.45) is 0 Å². The Hall–Kier alpha value is -1.86. The van der Waals surface area contributed by atoms with Gasteiger partial charge in [0.25, 0.3) is 0 Å². The van der Waals surface area contributed by atoms with Crippen molar-refractivity contribution in [1.82, 2.24) is 5.32 Å². The van der Waals surface area contributed by atoms with Gasteiger partial charge in [0.1, 0.15) is 6.10 Å². The Bertz CT molecular complexity index is 680. The molecule has 0 unspecified atom stereocenters. The average molecular weight is 357 g/mol. The largest absolute Gasteiger partial charge is 0.416 e. The van der Waals surface area contributed by atoms with Gasteiger partial charge in [0, 0.05) is 17.8 Å². The number of alkyl halides is 3. The number of nitrogens with one attached hydrogen (secondary N) is 1. The Balaban J connectivity index is 1.78. The van der Waals surface area contributed by atoms with E-state index in [1.54, 1.807) is 0 Å². The Morgan fingerprint density at radius 1 is 1.25 bits per heavy atom. The fraction of sp³-hybridized carbons (Fsp3) is 0.353. The van der Waals surface area contributed by atoms with Crippen molar-refractivity contribution >= 4 is 17.2 Å². The molecule has 2 N–H and O–H groups in total. The van der Waals surface area contributed by atoms with Gasteiger partial charge < -0.3 is 10.4 Å². The van der Waals surface area contributed by atoms with Crippen molar-refractivity contribution < 1.29 is 23.1 Å². The van der Waals surface area contributed by atoms with Crippen LogP contribution in [0.4, 0.5) is 13.2 Å². The molecule has 0 spiro atoms. The number of carbonyl (C=O) groups excluding carboxylic acids is 1. The summed E-state index contributed by atoms with van der Waals surface area (Å²) < 4.78 is 37.4. The van der Waals surface area contributed by atoms with Crippen LogP contribution in [0.2, 0.25) is 0 Å². The zero-order valence-electron chi connectivity index (χ0n) is 13.1. The minimum atomic E-state index is -4.36. The van der Waals surface area contributed by atoms with Crippen LogP contribution in [0.25, 0.3) is 0 Å². The number of thiophene rings is 1. The summed E-state index contributed by atoms with van der Waals surface area (Å²) in [6, 6.07) is 6.67. The monoisotopic (exact) mass is 357 g/mol. The van der Waals surface area contributed by atoms with Crippen LogP contribution < -0.4 is 5.32 Å². The van der Waals surface area contributed by atoms with Crippen LogP contribution in [0, 0.1) is 6.92 Å². The topological polar surface area (TPSA) is 49.3 Å². The van der Waals surface area contributed by atoms with E-state index in [1.165, 1.54) is 23.5 Å². The standard InChI is InChI=1S/C17H18F3NO2S/c1-11-8-9-24-16(11)14(22)10-21-15(23)7-4-12-2-5-13(6-3-12)17(18,19)20/h2-3,5-6,8-9,14,22H,4,7,10H2,1H3,(H,21,23)/t14-/m0/s1. The van der Waals surface area contributed by atoms with Crippen molar-refractivity contribution in [2.45, 2.75) is 32.0 Å². The molecule has 1 aromatic heterocycles. The maximum atomic E-state index is 12.5. The molecule has 0 aliphatic heterocycles. The lowest BCUT2D eigenvalue weighted by Crippen LogP contribution is -2.28. The number of hydrogen-bond donors (Lipinski definition) is 2. The van der Waals surface area contributed by atoms with Crippen LogP contribution in [0.5, 0.6) is 0 Å². The molecule has 0 aliphatic carbocycles. The van der Waals surface area contributed by atoms with E-state index in [4.69, 9.17) is 0 Å². The molecule has 2 aromatic rings. The molecule has 0 saturated heterocycles. The number of amides is 1. The number of benzene rings is 1. The summed E-state index contributed by atoms with van der Waals surface area (Å²) in [5.74, 6) is -0.247. The molecule has 2 rings (SSSR count). The lowest BCUT2D eigenvalue weighted by Gasteiger charge is -2.12. The van der Waals surface area contributed by atoms with E-state index < -0.39 is 17.8 Å². The molecular formula is C17H18F3NO2S. The molecule has 7 heteroatoms. The van der Waals surface area contributed by atoms with Crippen LogP contribution in [0.3, 0.4) is 0 Å². The molecule has 0 fully saturated rings. The Kier molecular flexibility index (Phi) is 6.01. The predicted molar refractivity (Wildman–Crippen MR) is 86.8 cm³/mol. The highest BCUT2D eigenvalue weighted by Crippen LogP contribution is 2.29. The van der Waals surface area contributed by atoms with E-state index in [0.29, 0.717) is 12.0 Å². The van der Waals surface area contributed by atoms with E-state index in [1.807, 2.05) is 18.4 Å². The zero-order chi connectivity index (χ0) is 17.7. The molecule has 130 valence electrons. The molecule has 24 heavy (non-hydrogen) atoms. The Morgan fingerprint density at radius 3 is 2.46 bits per heavy atom. The number of aryl methyl sites for hydroxylation is 2. The van der Waals surface area contributed by atoms with Crippen LogP contribution in [0.15, 0.2) is 35.7 Å². The minimum Gasteiger partial charge on any atom is -0.386 e. The van der Waals surface area contributed by atoms with Gasteiger partial charge in [-0.3, -0.25) is 4.79 Å². The minimum absolute atomic E-state index is 0.118. The summed E-state index contributed by atoms with van der Waals surface area (Å²) >= 11 is 1.43. The first-order valence-electron chi connectivity index (χ1n) is 7.42. The van der Waals surface area contributed by atoms with Crippen molar-refractivity contribution in [3.05, 3.63) is 57.3 Å². The normalized spacial score (nSPS) is 12.9. The second-order valence-corrected chi connectivity index (χ2v) is 6.43. The number of halogens is 3. The highest BCUT2D eigenvalue weighted by molar-refractivity contribution is 7.10. The average Bonchev–Trinajstić information content (AvgIpc) is 2.96. The zero-order valence-corrected chi connectivity index (χ0v) is 13.9. The fourth-order valence-corrected chi connectivity index (χ4v) is 3.15. The first-order valence-corrected chi connectivity index (χ1v) is 8.30. The van der Waals surface area contributed by atoms with Gasteiger partial charge >= 0.3 is 6.18 Å². The smallest absolute Gasteiger partial charge is 0.386 e. The maximum absolute atomic E-state index is 12.5. The molecule has 0 bridgehead atoms. The Morgan fingerprint density at radius 2 is 1.92 bits per heavy atom. The molecule has 3 nitrogen and oxygen atoms in total. The molecule has 0 radical (unpaired) electrons. The lowest BCUT2D eigenvalue weighted by atomic mass is 10.1. The van der Waals surface area contributed by atoms with Gasteiger partial charge in [-0.25, -0.2) is 0 Å². The second kappa shape index (κ2) is 7.81. The SMILES string of the molecule is Cc1ccsc1[C@@H](O)CNC(=O)CCc1ccc(C(F)(F)F)cc1. The summed E-state index contributed by atoms with van der Waals surface area (Å²) in [5, 5.41) is 14.5. The van der Waals surface area contributed by atoms with Crippen LogP contribution in [0.1, 0.15) is 34.1 Å². The number of aliphatic hydroxyl groups excluding tert-OH is 1. The highest BCUT2D eigenvalue weighted by atomic mass is 32.1. The van der Waals surface area contributed by atoms with E-state index >= 15 is 0 Å². The van der Waals surface area contributed by atoms with Gasteiger partial charge in [-0.15, -0.1) is 11.3 Å². The predicted octanol–water partition coefficient (Wildman–Crippen LogP) is 3.86. The second-order valence-electron chi connectivity index (χ2n) is 5.48. The third-order valence-corrected chi connectivity index (χ3v) is 4.74. The highest BCUT2D eigenvalue weighted by Gasteiger charge is 2.29. The quantitative estimate of drug-likeness (QED) is 0.825. The van der Waals surface area contributed by atoms with E-state index in [-0.39, 0.29) is 18.9 Å². The maximum Gasteiger partial charge on any atom is 0.416 e. The van der Waals surface area contributed by atoms with Gasteiger partial charge in [0.15, 0.2) is 0 Å². The molecule has 1 atom stereocenters. The van der Waals surface area contributed by atoms with Gasteiger partial charge in [0.2, 0.25) is 5.91 Å². The third-order valence-electron chi connectivity index (χ3n) is 3.62. The number of carbonyl (C=O) groups is 1. The molecule has 1 amide bonds. The lowest BCUT2D eigenvalue weighted by molar-refractivity contribution is -0.137. The van der Waals surface area contributed by atoms with Gasteiger partial charge in [-0.2, -0.15) is 13.2 Å². The van der Waals surface area contributed by atoms with Crippen molar-refractivity contribution in [3.63, 3.8) is 0 Å². The van der Waals surface area contributed by atoms with E-state index in [9.17, 15) is 23.1 Å². The van der Waals surface area contributed by atoms with Crippen molar-refractivity contribution in [3.8, 4) is 0 Å². The summed E-state index contributed by atoms with van der Waals surface area (Å²) in [5.41, 5.74) is 0.935. The van der Waals surface area contributed by atoms with Crippen LogP contribution in [-0.2, 0) is 17.4 Å². The van der Waals surface area contributed by atoms with Crippen molar-refractivity contribution in [1.29, 1.82) is 0 Å². The molecule has 0 aliphatic rings. The summed E-state index contributed by atoms with van der Waals surface area (Å²) in [6.07, 6.45) is -4.61. The molecule has 1 heterocycles. The Labute approximate surface area is 142 Å².